The molecule has 2 atom stereocenters. The van der Waals surface area contributed by atoms with Crippen molar-refractivity contribution in [3.05, 3.63) is 0 Å². The lowest BCUT2D eigenvalue weighted by molar-refractivity contribution is 0.00468. The lowest BCUT2D eigenvalue weighted by Gasteiger charge is -2.40. The Kier molecular flexibility index (Phi) is 5.41. The predicted octanol–water partition coefficient (Wildman–Crippen LogP) is 0.752. The molecule has 0 fully saturated rings. The van der Waals surface area contributed by atoms with E-state index < -0.39 is 0 Å². The Hall–Kier alpha value is -0.810. The van der Waals surface area contributed by atoms with E-state index in [1.807, 2.05) is 0 Å². The van der Waals surface area contributed by atoms with Crippen LogP contribution in [0.4, 0.5) is 0 Å². The highest BCUT2D eigenvalue weighted by Crippen LogP contribution is 2.26. The van der Waals surface area contributed by atoms with E-state index in [9.17, 15) is 0 Å². The van der Waals surface area contributed by atoms with E-state index in [1.165, 1.54) is 0 Å². The average Bonchev–Trinajstić information content (AvgIpc) is 2.67. The minimum absolute atomic E-state index is 0.110. The molecule has 1 heterocycles. The standard InChI is InChI=1S/C13H28N4O/c1-6-16(7-2)8-9-17-12(14)15-10-13(17,4)11(3)18-5/h11H,6-10H2,1-5H3,(H2,14,15). The highest BCUT2D eigenvalue weighted by Gasteiger charge is 2.42. The van der Waals surface area contributed by atoms with Crippen LogP contribution in [-0.2, 0) is 4.74 Å². The van der Waals surface area contributed by atoms with Crippen molar-refractivity contribution < 1.29 is 4.74 Å². The maximum atomic E-state index is 6.02. The number of ether oxygens (including phenoxy) is 1. The van der Waals surface area contributed by atoms with Crippen molar-refractivity contribution in [3.8, 4) is 0 Å². The van der Waals surface area contributed by atoms with Gasteiger partial charge in [0.15, 0.2) is 5.96 Å². The molecule has 106 valence electrons. The monoisotopic (exact) mass is 256 g/mol. The second-order valence-electron chi connectivity index (χ2n) is 5.09. The summed E-state index contributed by atoms with van der Waals surface area (Å²) in [6.07, 6.45) is 0.110. The number of methoxy groups -OCH3 is 1. The first-order valence-corrected chi connectivity index (χ1v) is 6.82. The molecule has 0 aliphatic carbocycles. The van der Waals surface area contributed by atoms with E-state index >= 15 is 0 Å². The van der Waals surface area contributed by atoms with Crippen LogP contribution in [0.3, 0.4) is 0 Å². The van der Waals surface area contributed by atoms with Gasteiger partial charge in [0.25, 0.3) is 0 Å². The number of rotatable bonds is 7. The molecule has 0 radical (unpaired) electrons. The van der Waals surface area contributed by atoms with Gasteiger partial charge >= 0.3 is 0 Å². The molecule has 0 spiro atoms. The molecule has 1 aliphatic rings. The SMILES string of the molecule is CCN(CC)CCN1C(N)=NCC1(C)C(C)OC. The molecule has 1 rings (SSSR count). The van der Waals surface area contributed by atoms with E-state index in [0.717, 1.165) is 26.2 Å². The largest absolute Gasteiger partial charge is 0.379 e. The van der Waals surface area contributed by atoms with Gasteiger partial charge in [-0.15, -0.1) is 0 Å². The molecule has 0 aromatic rings. The smallest absolute Gasteiger partial charge is 0.191 e. The fourth-order valence-corrected chi connectivity index (χ4v) is 2.43. The minimum atomic E-state index is -0.119. The summed E-state index contributed by atoms with van der Waals surface area (Å²) in [7, 11) is 1.74. The highest BCUT2D eigenvalue weighted by molar-refractivity contribution is 5.81. The Balaban J connectivity index is 2.67. The summed E-state index contributed by atoms with van der Waals surface area (Å²) in [5, 5.41) is 0. The third-order valence-corrected chi connectivity index (χ3v) is 4.22. The van der Waals surface area contributed by atoms with Crippen molar-refractivity contribution in [2.45, 2.75) is 39.3 Å². The number of hydrogen-bond donors (Lipinski definition) is 1. The van der Waals surface area contributed by atoms with Gasteiger partial charge in [-0.1, -0.05) is 13.8 Å². The predicted molar refractivity (Wildman–Crippen MR) is 75.9 cm³/mol. The minimum Gasteiger partial charge on any atom is -0.379 e. The molecule has 2 N–H and O–H groups in total. The molecule has 2 unspecified atom stereocenters. The molecule has 0 aromatic carbocycles. The molecule has 18 heavy (non-hydrogen) atoms. The Bertz CT molecular complexity index is 291. The summed E-state index contributed by atoms with van der Waals surface area (Å²) in [5.74, 6) is 0.647. The van der Waals surface area contributed by atoms with Gasteiger partial charge in [0.1, 0.15) is 0 Å². The van der Waals surface area contributed by atoms with Gasteiger partial charge < -0.3 is 20.3 Å². The molecular weight excluding hydrogens is 228 g/mol. The maximum Gasteiger partial charge on any atom is 0.191 e. The van der Waals surface area contributed by atoms with Crippen LogP contribution in [0.2, 0.25) is 0 Å². The average molecular weight is 256 g/mol. The van der Waals surface area contributed by atoms with Gasteiger partial charge in [-0.25, -0.2) is 0 Å². The number of nitrogens with two attached hydrogens (primary N) is 1. The third kappa shape index (κ3) is 2.95. The van der Waals surface area contributed by atoms with Crippen LogP contribution in [0.1, 0.15) is 27.7 Å². The van der Waals surface area contributed by atoms with Crippen LogP contribution in [0.5, 0.6) is 0 Å². The van der Waals surface area contributed by atoms with Crippen LogP contribution >= 0.6 is 0 Å². The molecule has 0 saturated carbocycles. The fourth-order valence-electron chi connectivity index (χ4n) is 2.43. The van der Waals surface area contributed by atoms with Gasteiger partial charge in [0, 0.05) is 20.2 Å². The summed E-state index contributed by atoms with van der Waals surface area (Å²) in [5.41, 5.74) is 5.90. The third-order valence-electron chi connectivity index (χ3n) is 4.22. The topological polar surface area (TPSA) is 54.1 Å². The molecule has 1 aliphatic heterocycles. The first-order chi connectivity index (χ1) is 8.49. The first kappa shape index (κ1) is 15.2. The highest BCUT2D eigenvalue weighted by atomic mass is 16.5. The molecule has 5 nitrogen and oxygen atoms in total. The van der Waals surface area contributed by atoms with Crippen LogP contribution in [0.25, 0.3) is 0 Å². The van der Waals surface area contributed by atoms with Crippen molar-refractivity contribution in [2.24, 2.45) is 10.7 Å². The number of aliphatic imine (C=N–C) groups is 1. The lowest BCUT2D eigenvalue weighted by atomic mass is 9.94. The molecule has 5 heteroatoms. The summed E-state index contributed by atoms with van der Waals surface area (Å²) < 4.78 is 5.49. The number of likely N-dealkylation sites (N-methyl/N-ethyl adjacent to an activating group) is 1. The van der Waals surface area contributed by atoms with Crippen LogP contribution in [0, 0.1) is 0 Å². The number of nitrogens with zero attached hydrogens (tertiary/aromatic N) is 3. The van der Waals surface area contributed by atoms with Crippen LogP contribution in [0.15, 0.2) is 4.99 Å². The summed E-state index contributed by atoms with van der Waals surface area (Å²) >= 11 is 0. The van der Waals surface area contributed by atoms with E-state index in [2.05, 4.69) is 42.5 Å². The Morgan fingerprint density at radius 1 is 1.50 bits per heavy atom. The van der Waals surface area contributed by atoms with Crippen LogP contribution < -0.4 is 5.73 Å². The summed E-state index contributed by atoms with van der Waals surface area (Å²) in [4.78, 5) is 8.98. The lowest BCUT2D eigenvalue weighted by Crippen LogP contribution is -2.58. The van der Waals surface area contributed by atoms with Crippen molar-refractivity contribution >= 4 is 5.96 Å². The summed E-state index contributed by atoms with van der Waals surface area (Å²) in [6.45, 7) is 13.4. The van der Waals surface area contributed by atoms with Gasteiger partial charge in [0.05, 0.1) is 18.2 Å². The van der Waals surface area contributed by atoms with Crippen molar-refractivity contribution in [3.63, 3.8) is 0 Å². The van der Waals surface area contributed by atoms with E-state index in [0.29, 0.717) is 12.5 Å². The van der Waals surface area contributed by atoms with Crippen LogP contribution in [-0.4, -0.2) is 67.2 Å². The zero-order valence-corrected chi connectivity index (χ0v) is 12.4. The zero-order chi connectivity index (χ0) is 13.8. The Morgan fingerprint density at radius 2 is 2.11 bits per heavy atom. The maximum absolute atomic E-state index is 6.02. The van der Waals surface area contributed by atoms with E-state index in [4.69, 9.17) is 10.5 Å². The normalized spacial score (nSPS) is 25.7. The fraction of sp³-hybridized carbons (Fsp3) is 0.923. The summed E-state index contributed by atoms with van der Waals surface area (Å²) in [6, 6.07) is 0. The Labute approximate surface area is 111 Å². The quantitative estimate of drug-likeness (QED) is 0.730. The van der Waals surface area contributed by atoms with Gasteiger partial charge in [-0.3, -0.25) is 4.99 Å². The second kappa shape index (κ2) is 6.38. The molecule has 0 aromatic heterocycles. The molecular formula is C13H28N4O. The number of hydrogen-bond acceptors (Lipinski definition) is 5. The van der Waals surface area contributed by atoms with Gasteiger partial charge in [0.2, 0.25) is 0 Å². The van der Waals surface area contributed by atoms with E-state index in [1.54, 1.807) is 7.11 Å². The first-order valence-electron chi connectivity index (χ1n) is 6.82. The van der Waals surface area contributed by atoms with Crippen molar-refractivity contribution in [2.75, 3.05) is 39.8 Å². The number of guanidine groups is 1. The molecule has 0 bridgehead atoms. The second-order valence-corrected chi connectivity index (χ2v) is 5.09. The molecule has 0 saturated heterocycles. The van der Waals surface area contributed by atoms with Crippen molar-refractivity contribution in [1.82, 2.24) is 9.80 Å². The molecule has 0 amide bonds. The van der Waals surface area contributed by atoms with Crippen molar-refractivity contribution in [1.29, 1.82) is 0 Å². The van der Waals surface area contributed by atoms with E-state index in [-0.39, 0.29) is 11.6 Å². The Morgan fingerprint density at radius 3 is 2.61 bits per heavy atom. The zero-order valence-electron chi connectivity index (χ0n) is 12.4. The van der Waals surface area contributed by atoms with Gasteiger partial charge in [-0.2, -0.15) is 0 Å². The van der Waals surface area contributed by atoms with Gasteiger partial charge in [-0.05, 0) is 26.9 Å².